The Balaban J connectivity index is 2.91. The van der Waals surface area contributed by atoms with Crippen molar-refractivity contribution < 1.29 is 13.2 Å². The minimum Gasteiger partial charge on any atom is -0.352 e. The molecule has 1 rings (SSSR count). The molecule has 0 bridgehead atoms. The van der Waals surface area contributed by atoms with Crippen LogP contribution in [0, 0.1) is 5.92 Å². The van der Waals surface area contributed by atoms with E-state index in [1.54, 1.807) is 24.3 Å². The number of hydrogen-bond donors (Lipinski definition) is 1. The van der Waals surface area contributed by atoms with Gasteiger partial charge in [-0.1, -0.05) is 29.8 Å². The maximum absolute atomic E-state index is 12.0. The number of benzene rings is 1. The van der Waals surface area contributed by atoms with Gasteiger partial charge in [0.15, 0.2) is 0 Å². The second-order valence-corrected chi connectivity index (χ2v) is 8.17. The van der Waals surface area contributed by atoms with Crippen LogP contribution < -0.4 is 9.62 Å². The monoisotopic (exact) mass is 376 g/mol. The first-order valence-electron chi connectivity index (χ1n) is 6.64. The van der Waals surface area contributed by atoms with Crippen molar-refractivity contribution in [3.05, 3.63) is 28.7 Å². The van der Waals surface area contributed by atoms with Gasteiger partial charge in [-0.3, -0.25) is 9.10 Å². The van der Waals surface area contributed by atoms with Crippen LogP contribution in [0.1, 0.15) is 20.8 Å². The van der Waals surface area contributed by atoms with Gasteiger partial charge in [0.05, 0.1) is 11.9 Å². The normalized spacial score (nSPS) is 13.0. The summed E-state index contributed by atoms with van der Waals surface area (Å²) in [6.45, 7) is 5.66. The lowest BCUT2D eigenvalue weighted by Gasteiger charge is -2.24. The van der Waals surface area contributed by atoms with Crippen molar-refractivity contribution in [3.63, 3.8) is 0 Å². The van der Waals surface area contributed by atoms with Gasteiger partial charge >= 0.3 is 0 Å². The predicted octanol–water partition coefficient (Wildman–Crippen LogP) is 2.38. The summed E-state index contributed by atoms with van der Waals surface area (Å²) in [5.74, 6) is -0.0298. The van der Waals surface area contributed by atoms with Crippen molar-refractivity contribution in [1.82, 2.24) is 5.32 Å². The largest absolute Gasteiger partial charge is 0.352 e. The molecular formula is C14H21BrN2O3S. The highest BCUT2D eigenvalue weighted by atomic mass is 79.9. The van der Waals surface area contributed by atoms with E-state index in [1.807, 2.05) is 20.8 Å². The lowest BCUT2D eigenvalue weighted by Crippen LogP contribution is -2.44. The van der Waals surface area contributed by atoms with Gasteiger partial charge in [-0.05, 0) is 37.1 Å². The van der Waals surface area contributed by atoms with Crippen LogP contribution in [0.15, 0.2) is 28.7 Å². The van der Waals surface area contributed by atoms with Crippen LogP contribution in [-0.2, 0) is 14.8 Å². The van der Waals surface area contributed by atoms with Gasteiger partial charge in [-0.25, -0.2) is 8.42 Å². The molecule has 1 N–H and O–H groups in total. The highest BCUT2D eigenvalue weighted by Gasteiger charge is 2.22. The first-order chi connectivity index (χ1) is 9.61. The summed E-state index contributed by atoms with van der Waals surface area (Å²) in [6.07, 6.45) is 1.09. The summed E-state index contributed by atoms with van der Waals surface area (Å²) < 4.78 is 25.8. The van der Waals surface area contributed by atoms with E-state index in [1.165, 1.54) is 0 Å². The zero-order chi connectivity index (χ0) is 16.2. The Labute approximate surface area is 134 Å². The Morgan fingerprint density at radius 3 is 2.19 bits per heavy atom. The van der Waals surface area contributed by atoms with E-state index >= 15 is 0 Å². The lowest BCUT2D eigenvalue weighted by atomic mass is 10.1. The topological polar surface area (TPSA) is 66.5 Å². The van der Waals surface area contributed by atoms with Crippen molar-refractivity contribution in [2.75, 3.05) is 17.1 Å². The van der Waals surface area contributed by atoms with Gasteiger partial charge in [-0.15, -0.1) is 0 Å². The van der Waals surface area contributed by atoms with Crippen LogP contribution in [0.3, 0.4) is 0 Å². The molecule has 0 aliphatic rings. The smallest absolute Gasteiger partial charge is 0.240 e. The molecule has 1 amide bonds. The van der Waals surface area contributed by atoms with E-state index in [0.717, 1.165) is 15.0 Å². The van der Waals surface area contributed by atoms with Crippen LogP contribution in [0.2, 0.25) is 0 Å². The lowest BCUT2D eigenvalue weighted by molar-refractivity contribution is -0.120. The molecule has 0 aliphatic heterocycles. The number of halogens is 1. The van der Waals surface area contributed by atoms with Crippen molar-refractivity contribution in [2.24, 2.45) is 5.92 Å². The maximum atomic E-state index is 12.0. The Hall–Kier alpha value is -1.08. The van der Waals surface area contributed by atoms with Crippen molar-refractivity contribution in [1.29, 1.82) is 0 Å². The summed E-state index contributed by atoms with van der Waals surface area (Å²) in [5.41, 5.74) is 0.466. The van der Waals surface area contributed by atoms with E-state index in [0.29, 0.717) is 5.69 Å². The summed E-state index contributed by atoms with van der Waals surface area (Å²) in [7, 11) is -3.52. The molecule has 5 nitrogen and oxygen atoms in total. The Bertz CT molecular complexity index is 585. The molecule has 0 unspecified atom stereocenters. The fourth-order valence-corrected chi connectivity index (χ4v) is 2.72. The van der Waals surface area contributed by atoms with Crippen LogP contribution in [0.4, 0.5) is 5.69 Å². The van der Waals surface area contributed by atoms with E-state index in [-0.39, 0.29) is 24.4 Å². The summed E-state index contributed by atoms with van der Waals surface area (Å²) in [6, 6.07) is 6.78. The quantitative estimate of drug-likeness (QED) is 0.828. The molecule has 0 aromatic heterocycles. The Kier molecular flexibility index (Phi) is 6.22. The molecule has 1 aromatic carbocycles. The van der Waals surface area contributed by atoms with Gasteiger partial charge in [0.1, 0.15) is 6.54 Å². The fraction of sp³-hybridized carbons (Fsp3) is 0.500. The number of carbonyl (C=O) groups is 1. The molecule has 0 heterocycles. The molecule has 0 radical (unpaired) electrons. The molecule has 0 saturated heterocycles. The molecule has 118 valence electrons. The number of nitrogens with one attached hydrogen (secondary N) is 1. The molecule has 0 saturated carbocycles. The Morgan fingerprint density at radius 1 is 1.24 bits per heavy atom. The van der Waals surface area contributed by atoms with Gasteiger partial charge < -0.3 is 5.32 Å². The molecule has 0 spiro atoms. The number of nitrogens with zero attached hydrogens (tertiary/aromatic N) is 1. The third-order valence-corrected chi connectivity index (χ3v) is 4.86. The number of anilines is 1. The highest BCUT2D eigenvalue weighted by molar-refractivity contribution is 9.10. The molecular weight excluding hydrogens is 356 g/mol. The number of carbonyl (C=O) groups excluding carboxylic acids is 1. The average Bonchev–Trinajstić information content (AvgIpc) is 2.35. The van der Waals surface area contributed by atoms with E-state index in [4.69, 9.17) is 0 Å². The predicted molar refractivity (Wildman–Crippen MR) is 88.8 cm³/mol. The van der Waals surface area contributed by atoms with Crippen LogP contribution >= 0.6 is 15.9 Å². The van der Waals surface area contributed by atoms with Gasteiger partial charge in [0, 0.05) is 10.5 Å². The number of rotatable bonds is 6. The third kappa shape index (κ3) is 5.67. The Morgan fingerprint density at radius 2 is 1.76 bits per heavy atom. The standard InChI is InChI=1S/C14H21BrN2O3S/c1-10(2)11(3)16-14(18)9-17(21(4,19)20)13-7-5-12(15)6-8-13/h5-8,10-11H,9H2,1-4H3,(H,16,18)/t11-/m0/s1. The van der Waals surface area contributed by atoms with E-state index < -0.39 is 10.0 Å². The zero-order valence-corrected chi connectivity index (χ0v) is 15.0. The second-order valence-electron chi connectivity index (χ2n) is 5.35. The van der Waals surface area contributed by atoms with E-state index in [2.05, 4.69) is 21.2 Å². The first-order valence-corrected chi connectivity index (χ1v) is 9.28. The minimum atomic E-state index is -3.52. The van der Waals surface area contributed by atoms with Gasteiger partial charge in [0.25, 0.3) is 0 Å². The summed E-state index contributed by atoms with van der Waals surface area (Å²) >= 11 is 3.30. The zero-order valence-electron chi connectivity index (χ0n) is 12.6. The fourth-order valence-electron chi connectivity index (χ4n) is 1.60. The van der Waals surface area contributed by atoms with Crippen LogP contribution in [0.25, 0.3) is 0 Å². The second kappa shape index (κ2) is 7.26. The molecule has 1 atom stereocenters. The highest BCUT2D eigenvalue weighted by Crippen LogP contribution is 2.20. The minimum absolute atomic E-state index is 0.0103. The summed E-state index contributed by atoms with van der Waals surface area (Å²) in [4.78, 5) is 12.0. The molecule has 1 aromatic rings. The number of sulfonamides is 1. The molecule has 21 heavy (non-hydrogen) atoms. The van der Waals surface area contributed by atoms with Crippen molar-refractivity contribution in [2.45, 2.75) is 26.8 Å². The third-order valence-electron chi connectivity index (χ3n) is 3.19. The van der Waals surface area contributed by atoms with Crippen LogP contribution in [-0.4, -0.2) is 33.2 Å². The van der Waals surface area contributed by atoms with Crippen molar-refractivity contribution >= 4 is 37.5 Å². The SMILES string of the molecule is CC(C)[C@H](C)NC(=O)CN(c1ccc(Br)cc1)S(C)(=O)=O. The van der Waals surface area contributed by atoms with Crippen molar-refractivity contribution in [3.8, 4) is 0 Å². The van der Waals surface area contributed by atoms with Gasteiger partial charge in [-0.2, -0.15) is 0 Å². The number of amides is 1. The number of hydrogen-bond acceptors (Lipinski definition) is 3. The molecule has 0 fully saturated rings. The summed E-state index contributed by atoms with van der Waals surface area (Å²) in [5, 5.41) is 2.81. The van der Waals surface area contributed by atoms with E-state index in [9.17, 15) is 13.2 Å². The molecule has 0 aliphatic carbocycles. The average molecular weight is 377 g/mol. The molecule has 7 heteroatoms. The maximum Gasteiger partial charge on any atom is 0.240 e. The van der Waals surface area contributed by atoms with Crippen LogP contribution in [0.5, 0.6) is 0 Å². The van der Waals surface area contributed by atoms with Gasteiger partial charge in [0.2, 0.25) is 15.9 Å². The first kappa shape index (κ1) is 18.0.